The first-order valence-corrected chi connectivity index (χ1v) is 10.1. The molecule has 0 saturated carbocycles. The first kappa shape index (κ1) is 22.3. The normalized spacial score (nSPS) is 11.6. The topological polar surface area (TPSA) is 48.4 Å². The average molecular weight is 450 g/mol. The number of aromatic nitrogens is 1. The smallest absolute Gasteiger partial charge is 0.429 e. The number of rotatable bonds is 3. The average Bonchev–Trinajstić information content (AvgIpc) is 2.64. The third-order valence-electron chi connectivity index (χ3n) is 4.88. The molecule has 0 unspecified atom stereocenters. The molecule has 0 N–H and O–H groups in total. The Labute approximate surface area is 184 Å². The van der Waals surface area contributed by atoms with Gasteiger partial charge in [0.05, 0.1) is 0 Å². The fraction of sp³-hybridized carbons (Fsp3) is 0.304. The highest BCUT2D eigenvalue weighted by Gasteiger charge is 2.22. The van der Waals surface area contributed by atoms with Crippen LogP contribution < -0.4 is 4.74 Å². The predicted molar refractivity (Wildman–Crippen MR) is 117 cm³/mol. The third kappa shape index (κ3) is 4.68. The molecule has 0 bridgehead atoms. The Hall–Kier alpha value is -2.37. The maximum absolute atomic E-state index is 14.8. The van der Waals surface area contributed by atoms with Crippen molar-refractivity contribution >= 4 is 40.3 Å². The first-order chi connectivity index (χ1) is 14.0. The van der Waals surface area contributed by atoms with E-state index in [1.807, 2.05) is 20.8 Å². The quantitative estimate of drug-likeness (QED) is 0.393. The molecule has 0 atom stereocenters. The van der Waals surface area contributed by atoms with Crippen molar-refractivity contribution in [1.29, 1.82) is 0 Å². The van der Waals surface area contributed by atoms with E-state index in [1.165, 1.54) is 6.07 Å². The second kappa shape index (κ2) is 8.40. The summed E-state index contributed by atoms with van der Waals surface area (Å²) in [4.78, 5) is 16.8. The molecule has 0 radical (unpaired) electrons. The zero-order valence-corrected chi connectivity index (χ0v) is 18.9. The largest absolute Gasteiger partial charge is 0.514 e. The Morgan fingerprint density at radius 2 is 1.83 bits per heavy atom. The van der Waals surface area contributed by atoms with Crippen LogP contribution in [-0.2, 0) is 16.8 Å². The number of pyridine rings is 1. The maximum atomic E-state index is 14.8. The van der Waals surface area contributed by atoms with Gasteiger partial charge in [0.2, 0.25) is 0 Å². The van der Waals surface area contributed by atoms with Gasteiger partial charge in [-0.2, -0.15) is 0 Å². The summed E-state index contributed by atoms with van der Waals surface area (Å²) in [6.45, 7) is 9.35. The van der Waals surface area contributed by atoms with Crippen LogP contribution in [0.2, 0.25) is 10.0 Å². The molecule has 1 heterocycles. The third-order valence-corrected chi connectivity index (χ3v) is 5.47. The molecule has 2 aromatic carbocycles. The van der Waals surface area contributed by atoms with Crippen LogP contribution in [0.1, 0.15) is 43.2 Å². The van der Waals surface area contributed by atoms with Gasteiger partial charge < -0.3 is 9.47 Å². The minimum Gasteiger partial charge on any atom is -0.429 e. The van der Waals surface area contributed by atoms with Gasteiger partial charge in [0.25, 0.3) is 0 Å². The zero-order chi connectivity index (χ0) is 22.2. The van der Waals surface area contributed by atoms with E-state index < -0.39 is 12.0 Å². The lowest BCUT2D eigenvalue weighted by molar-refractivity contribution is 0.0930. The van der Waals surface area contributed by atoms with Gasteiger partial charge in [0.15, 0.2) is 0 Å². The van der Waals surface area contributed by atoms with E-state index in [4.69, 9.17) is 32.7 Å². The zero-order valence-electron chi connectivity index (χ0n) is 17.4. The summed E-state index contributed by atoms with van der Waals surface area (Å²) >= 11 is 12.0. The van der Waals surface area contributed by atoms with Gasteiger partial charge in [-0.05, 0) is 49.1 Å². The summed E-state index contributed by atoms with van der Waals surface area (Å²) < 4.78 is 25.5. The maximum Gasteiger partial charge on any atom is 0.514 e. The van der Waals surface area contributed by atoms with Gasteiger partial charge >= 0.3 is 6.16 Å². The number of hydrogen-bond donors (Lipinski definition) is 0. The predicted octanol–water partition coefficient (Wildman–Crippen LogP) is 7.31. The van der Waals surface area contributed by atoms with Crippen molar-refractivity contribution in [1.82, 2.24) is 4.98 Å². The molecular formula is C23H22Cl2FNO3. The van der Waals surface area contributed by atoms with Crippen LogP contribution >= 0.6 is 23.2 Å². The fourth-order valence-corrected chi connectivity index (χ4v) is 3.42. The van der Waals surface area contributed by atoms with Crippen LogP contribution in [0, 0.1) is 19.7 Å². The van der Waals surface area contributed by atoms with Crippen molar-refractivity contribution in [3.8, 4) is 5.75 Å². The van der Waals surface area contributed by atoms with Gasteiger partial charge in [-0.25, -0.2) is 14.2 Å². The molecule has 0 spiro atoms. The van der Waals surface area contributed by atoms with E-state index in [0.717, 1.165) is 5.56 Å². The number of nitrogens with zero attached hydrogens (tertiary/aromatic N) is 1. The van der Waals surface area contributed by atoms with E-state index in [-0.39, 0.29) is 23.3 Å². The minimum absolute atomic E-state index is 0.0858. The van der Waals surface area contributed by atoms with E-state index in [0.29, 0.717) is 32.3 Å². The van der Waals surface area contributed by atoms with E-state index >= 15 is 0 Å². The van der Waals surface area contributed by atoms with E-state index in [1.54, 1.807) is 38.1 Å². The SMILES string of the molecule is Cc1nc2c(F)cc(C(C)(C)C)cc2c(OC(=O)OCc2ccc(Cl)cc2Cl)c1C. The molecule has 7 heteroatoms. The summed E-state index contributed by atoms with van der Waals surface area (Å²) in [6.07, 6.45) is -0.919. The number of benzene rings is 2. The molecule has 3 rings (SSSR count). The van der Waals surface area contributed by atoms with E-state index in [9.17, 15) is 9.18 Å². The molecule has 4 nitrogen and oxygen atoms in total. The van der Waals surface area contributed by atoms with Crippen molar-refractivity contribution in [3.63, 3.8) is 0 Å². The molecule has 0 aliphatic carbocycles. The van der Waals surface area contributed by atoms with Gasteiger partial charge in [0, 0.05) is 32.3 Å². The van der Waals surface area contributed by atoms with Gasteiger partial charge in [-0.15, -0.1) is 0 Å². The molecule has 0 aliphatic rings. The molecule has 158 valence electrons. The molecule has 1 aromatic heterocycles. The summed E-state index contributed by atoms with van der Waals surface area (Å²) in [5.74, 6) is -0.235. The summed E-state index contributed by atoms with van der Waals surface area (Å²) in [7, 11) is 0. The number of hydrogen-bond acceptors (Lipinski definition) is 4. The van der Waals surface area contributed by atoms with Crippen molar-refractivity contribution < 1.29 is 18.7 Å². The van der Waals surface area contributed by atoms with Crippen molar-refractivity contribution in [3.05, 3.63) is 68.6 Å². The second-order valence-electron chi connectivity index (χ2n) is 8.13. The van der Waals surface area contributed by atoms with Gasteiger partial charge in [-0.3, -0.25) is 0 Å². The van der Waals surface area contributed by atoms with Crippen LogP contribution in [0.15, 0.2) is 30.3 Å². The highest BCUT2D eigenvalue weighted by atomic mass is 35.5. The lowest BCUT2D eigenvalue weighted by Gasteiger charge is -2.21. The number of carbonyl (C=O) groups excluding carboxylic acids is 1. The van der Waals surface area contributed by atoms with Crippen LogP contribution in [0.5, 0.6) is 5.75 Å². The highest BCUT2D eigenvalue weighted by molar-refractivity contribution is 6.35. The minimum atomic E-state index is -0.919. The summed E-state index contributed by atoms with van der Waals surface area (Å²) in [5, 5.41) is 1.29. The van der Waals surface area contributed by atoms with Gasteiger partial charge in [-0.1, -0.05) is 50.0 Å². The van der Waals surface area contributed by atoms with Crippen LogP contribution in [0.25, 0.3) is 10.9 Å². The Bertz CT molecular complexity index is 1140. The molecule has 0 amide bonds. The number of fused-ring (bicyclic) bond motifs is 1. The Morgan fingerprint density at radius 3 is 2.47 bits per heavy atom. The Balaban J connectivity index is 1.94. The summed E-state index contributed by atoms with van der Waals surface area (Å²) in [5.41, 5.74) is 2.41. The monoisotopic (exact) mass is 449 g/mol. The van der Waals surface area contributed by atoms with Gasteiger partial charge in [0.1, 0.15) is 23.7 Å². The molecular weight excluding hydrogens is 428 g/mol. The van der Waals surface area contributed by atoms with Crippen molar-refractivity contribution in [2.24, 2.45) is 0 Å². The standard InChI is InChI=1S/C23H22Cl2FNO3/c1-12-13(2)27-20-17(8-15(9-19(20)26)23(3,4)5)21(12)30-22(28)29-11-14-6-7-16(24)10-18(14)25/h6-10H,11H2,1-5H3. The number of carbonyl (C=O) groups is 1. The lowest BCUT2D eigenvalue weighted by Crippen LogP contribution is -2.14. The van der Waals surface area contributed by atoms with Crippen molar-refractivity contribution in [2.45, 2.75) is 46.6 Å². The van der Waals surface area contributed by atoms with Crippen LogP contribution in [0.3, 0.4) is 0 Å². The van der Waals surface area contributed by atoms with Crippen LogP contribution in [0.4, 0.5) is 9.18 Å². The molecule has 30 heavy (non-hydrogen) atoms. The number of halogens is 3. The van der Waals surface area contributed by atoms with Crippen molar-refractivity contribution in [2.75, 3.05) is 0 Å². The first-order valence-electron chi connectivity index (χ1n) is 9.37. The fourth-order valence-electron chi connectivity index (χ4n) is 2.96. The second-order valence-corrected chi connectivity index (χ2v) is 8.98. The van der Waals surface area contributed by atoms with Crippen LogP contribution in [-0.4, -0.2) is 11.1 Å². The molecule has 0 fully saturated rings. The molecule has 0 aliphatic heterocycles. The highest BCUT2D eigenvalue weighted by Crippen LogP contribution is 2.35. The number of ether oxygens (including phenoxy) is 2. The Kier molecular flexibility index (Phi) is 6.25. The lowest BCUT2D eigenvalue weighted by atomic mass is 9.86. The number of aryl methyl sites for hydroxylation is 1. The van der Waals surface area contributed by atoms with E-state index in [2.05, 4.69) is 4.98 Å². The Morgan fingerprint density at radius 1 is 1.13 bits per heavy atom. The summed E-state index contributed by atoms with van der Waals surface area (Å²) in [6, 6.07) is 8.15. The molecule has 0 saturated heterocycles. The molecule has 3 aromatic rings.